The summed E-state index contributed by atoms with van der Waals surface area (Å²) < 4.78 is 9.65. The summed E-state index contributed by atoms with van der Waals surface area (Å²) in [5, 5.41) is 8.46. The van der Waals surface area contributed by atoms with Gasteiger partial charge in [-0.3, -0.25) is 4.79 Å². The second-order valence-corrected chi connectivity index (χ2v) is 5.18. The average molecular weight is 308 g/mol. The number of rotatable bonds is 10. The van der Waals surface area contributed by atoms with Gasteiger partial charge in [0.1, 0.15) is 11.5 Å². The average Bonchev–Trinajstić information content (AvgIpc) is 2.48. The molecule has 0 aliphatic rings. The van der Waals surface area contributed by atoms with Crippen LogP contribution in [-0.4, -0.2) is 17.2 Å². The highest BCUT2D eigenvalue weighted by Crippen LogP contribution is 2.18. The van der Waals surface area contributed by atoms with Gasteiger partial charge in [-0.25, -0.2) is 4.79 Å². The third kappa shape index (κ3) is 8.29. The van der Waals surface area contributed by atoms with Crippen LogP contribution in [0.25, 0.3) is 0 Å². The van der Waals surface area contributed by atoms with Crippen LogP contribution in [0.3, 0.4) is 0 Å². The minimum absolute atomic E-state index is 0.194. The summed E-state index contributed by atoms with van der Waals surface area (Å²) in [6, 6.07) is 5.93. The number of hydrogen-bond acceptors (Lipinski definition) is 4. The van der Waals surface area contributed by atoms with Gasteiger partial charge in [0.2, 0.25) is 0 Å². The van der Waals surface area contributed by atoms with Gasteiger partial charge in [-0.2, -0.15) is 0 Å². The normalized spacial score (nSPS) is 10.2. The summed E-state index contributed by atoms with van der Waals surface area (Å²) in [7, 11) is 0. The fraction of sp³-hybridized carbons (Fsp3) is 0.529. The summed E-state index contributed by atoms with van der Waals surface area (Å²) in [6.45, 7) is 2.19. The van der Waals surface area contributed by atoms with E-state index in [9.17, 15) is 9.59 Å². The maximum atomic E-state index is 11.7. The zero-order chi connectivity index (χ0) is 16.2. The Labute approximate surface area is 131 Å². The Morgan fingerprint density at radius 1 is 0.864 bits per heavy atom. The Morgan fingerprint density at radius 2 is 1.36 bits per heavy atom. The first-order valence-electron chi connectivity index (χ1n) is 7.83. The Hall–Kier alpha value is -2.04. The molecule has 0 unspecified atom stereocenters. The van der Waals surface area contributed by atoms with E-state index in [4.69, 9.17) is 9.84 Å². The molecule has 122 valence electrons. The van der Waals surface area contributed by atoms with Crippen molar-refractivity contribution in [3.63, 3.8) is 0 Å². The Balaban J connectivity index is 2.17. The van der Waals surface area contributed by atoms with Crippen molar-refractivity contribution in [1.82, 2.24) is 0 Å². The standard InChI is InChI=1S/C17H24O5/c1-2-3-4-5-6-7-8-9-16(18)21-14-10-12-15(13-11-14)22-17(19)20/h10-13H,2-9H2,1H3,(H,19,20). The molecule has 22 heavy (non-hydrogen) atoms. The van der Waals surface area contributed by atoms with Crippen LogP contribution in [-0.2, 0) is 4.79 Å². The van der Waals surface area contributed by atoms with E-state index in [1.165, 1.54) is 49.9 Å². The SMILES string of the molecule is CCCCCCCCCC(=O)Oc1ccc(OC(=O)O)cc1. The van der Waals surface area contributed by atoms with Crippen LogP contribution in [0.2, 0.25) is 0 Å². The molecule has 0 radical (unpaired) electrons. The molecule has 0 heterocycles. The number of unbranched alkanes of at least 4 members (excludes halogenated alkanes) is 6. The molecule has 0 saturated carbocycles. The highest BCUT2D eigenvalue weighted by Gasteiger charge is 2.06. The Morgan fingerprint density at radius 3 is 1.91 bits per heavy atom. The van der Waals surface area contributed by atoms with Crippen LogP contribution in [0.15, 0.2) is 24.3 Å². The van der Waals surface area contributed by atoms with Crippen molar-refractivity contribution >= 4 is 12.1 Å². The first kappa shape index (κ1) is 18.0. The lowest BCUT2D eigenvalue weighted by Crippen LogP contribution is -2.07. The van der Waals surface area contributed by atoms with Gasteiger partial charge in [-0.15, -0.1) is 0 Å². The summed E-state index contributed by atoms with van der Waals surface area (Å²) in [4.78, 5) is 22.0. The smallest absolute Gasteiger partial charge is 0.449 e. The Bertz CT molecular complexity index is 453. The molecule has 1 N–H and O–H groups in total. The van der Waals surface area contributed by atoms with Crippen molar-refractivity contribution in [3.8, 4) is 11.5 Å². The second kappa shape index (κ2) is 10.7. The highest BCUT2D eigenvalue weighted by atomic mass is 16.7. The largest absolute Gasteiger partial charge is 0.511 e. The van der Waals surface area contributed by atoms with Crippen LogP contribution in [0.4, 0.5) is 4.79 Å². The van der Waals surface area contributed by atoms with E-state index in [1.807, 2.05) is 0 Å². The third-order valence-corrected chi connectivity index (χ3v) is 3.25. The number of carboxylic acid groups (broad SMARTS) is 1. The molecule has 0 aromatic heterocycles. The van der Waals surface area contributed by atoms with Crippen molar-refractivity contribution in [3.05, 3.63) is 24.3 Å². The quantitative estimate of drug-likeness (QED) is 0.291. The predicted octanol–water partition coefficient (Wildman–Crippen LogP) is 4.79. The van der Waals surface area contributed by atoms with E-state index in [0.717, 1.165) is 19.3 Å². The number of carbonyl (C=O) groups excluding carboxylic acids is 1. The Kier molecular flexibility index (Phi) is 8.72. The van der Waals surface area contributed by atoms with Gasteiger partial charge in [-0.05, 0) is 30.7 Å². The van der Waals surface area contributed by atoms with Crippen LogP contribution in [0.1, 0.15) is 58.3 Å². The maximum absolute atomic E-state index is 11.7. The van der Waals surface area contributed by atoms with Gasteiger partial charge in [0.05, 0.1) is 0 Å². The summed E-state index contributed by atoms with van der Waals surface area (Å²) in [5.41, 5.74) is 0. The molecule has 0 amide bonds. The highest BCUT2D eigenvalue weighted by molar-refractivity contribution is 5.72. The number of benzene rings is 1. The summed E-state index contributed by atoms with van der Waals surface area (Å²) in [5.74, 6) is 0.325. The monoisotopic (exact) mass is 308 g/mol. The molecular weight excluding hydrogens is 284 g/mol. The van der Waals surface area contributed by atoms with Gasteiger partial charge >= 0.3 is 12.1 Å². The van der Waals surface area contributed by atoms with Gasteiger partial charge in [0.15, 0.2) is 0 Å². The van der Waals surface area contributed by atoms with E-state index in [1.54, 1.807) is 0 Å². The molecule has 5 nitrogen and oxygen atoms in total. The minimum atomic E-state index is -1.37. The molecule has 1 aromatic carbocycles. The number of hydrogen-bond donors (Lipinski definition) is 1. The molecule has 0 aliphatic carbocycles. The van der Waals surface area contributed by atoms with Gasteiger partial charge in [0.25, 0.3) is 0 Å². The van der Waals surface area contributed by atoms with Crippen LogP contribution in [0, 0.1) is 0 Å². The number of ether oxygens (including phenoxy) is 2. The van der Waals surface area contributed by atoms with Gasteiger partial charge in [0, 0.05) is 6.42 Å². The van der Waals surface area contributed by atoms with E-state index < -0.39 is 6.16 Å². The lowest BCUT2D eigenvalue weighted by molar-refractivity contribution is -0.134. The van der Waals surface area contributed by atoms with Gasteiger partial charge < -0.3 is 14.6 Å². The molecule has 0 bridgehead atoms. The zero-order valence-electron chi connectivity index (χ0n) is 13.0. The molecule has 0 fully saturated rings. The summed E-state index contributed by atoms with van der Waals surface area (Å²) in [6.07, 6.45) is 7.10. The van der Waals surface area contributed by atoms with Crippen LogP contribution >= 0.6 is 0 Å². The fourth-order valence-electron chi connectivity index (χ4n) is 2.09. The zero-order valence-corrected chi connectivity index (χ0v) is 13.0. The lowest BCUT2D eigenvalue weighted by atomic mass is 10.1. The minimum Gasteiger partial charge on any atom is -0.449 e. The summed E-state index contributed by atoms with van der Waals surface area (Å²) >= 11 is 0. The van der Waals surface area contributed by atoms with E-state index in [-0.39, 0.29) is 11.7 Å². The maximum Gasteiger partial charge on any atom is 0.511 e. The van der Waals surface area contributed by atoms with Crippen LogP contribution in [0.5, 0.6) is 11.5 Å². The second-order valence-electron chi connectivity index (χ2n) is 5.18. The van der Waals surface area contributed by atoms with E-state index in [2.05, 4.69) is 11.7 Å². The molecule has 5 heteroatoms. The van der Waals surface area contributed by atoms with Crippen molar-refractivity contribution in [2.45, 2.75) is 58.3 Å². The molecule has 1 rings (SSSR count). The third-order valence-electron chi connectivity index (χ3n) is 3.25. The number of carbonyl (C=O) groups is 2. The van der Waals surface area contributed by atoms with Crippen molar-refractivity contribution in [2.75, 3.05) is 0 Å². The van der Waals surface area contributed by atoms with Gasteiger partial charge in [-0.1, -0.05) is 45.4 Å². The fourth-order valence-corrected chi connectivity index (χ4v) is 2.09. The van der Waals surface area contributed by atoms with Crippen molar-refractivity contribution < 1.29 is 24.2 Å². The number of esters is 1. The van der Waals surface area contributed by atoms with E-state index >= 15 is 0 Å². The molecule has 0 atom stereocenters. The molecule has 0 saturated heterocycles. The first-order valence-corrected chi connectivity index (χ1v) is 7.83. The molecule has 0 spiro atoms. The van der Waals surface area contributed by atoms with Crippen molar-refractivity contribution in [1.29, 1.82) is 0 Å². The van der Waals surface area contributed by atoms with Crippen LogP contribution < -0.4 is 9.47 Å². The first-order chi connectivity index (χ1) is 10.6. The molecule has 1 aromatic rings. The topological polar surface area (TPSA) is 72.8 Å². The van der Waals surface area contributed by atoms with Crippen molar-refractivity contribution in [2.24, 2.45) is 0 Å². The molecular formula is C17H24O5. The molecule has 0 aliphatic heterocycles. The van der Waals surface area contributed by atoms with E-state index in [0.29, 0.717) is 12.2 Å². The predicted molar refractivity (Wildman–Crippen MR) is 83.3 cm³/mol. The lowest BCUT2D eigenvalue weighted by Gasteiger charge is -2.05.